The fourth-order valence-corrected chi connectivity index (χ4v) is 2.91. The lowest BCUT2D eigenvalue weighted by Gasteiger charge is -2.07. The highest BCUT2D eigenvalue weighted by Gasteiger charge is 2.10. The number of rotatable bonds is 4. The molecule has 0 aliphatic rings. The fourth-order valence-electron chi connectivity index (χ4n) is 2.91. The number of halogens is 2. The van der Waals surface area contributed by atoms with E-state index in [2.05, 4.69) is 9.97 Å². The summed E-state index contributed by atoms with van der Waals surface area (Å²) in [5, 5.41) is 21.0. The van der Waals surface area contributed by atoms with E-state index >= 15 is 0 Å². The second-order valence-electron chi connectivity index (χ2n) is 6.56. The van der Waals surface area contributed by atoms with Crippen LogP contribution in [-0.4, -0.2) is 20.2 Å². The molecule has 3 aromatic carbocycles. The fraction of sp³-hybridized carbons (Fsp3) is 0. The summed E-state index contributed by atoms with van der Waals surface area (Å²) < 4.78 is 26.3. The summed E-state index contributed by atoms with van der Waals surface area (Å²) in [6.07, 6.45) is 2.80. The summed E-state index contributed by atoms with van der Waals surface area (Å²) in [5.74, 6) is -1.08. The molecule has 0 radical (unpaired) electrons. The molecule has 0 spiro atoms. The first-order chi connectivity index (χ1) is 14.5. The molecule has 1 aromatic heterocycles. The van der Waals surface area contributed by atoms with E-state index in [0.717, 1.165) is 0 Å². The zero-order valence-electron chi connectivity index (χ0n) is 15.6. The minimum atomic E-state index is -0.412. The van der Waals surface area contributed by atoms with E-state index in [-0.39, 0.29) is 11.5 Å². The molecule has 0 fully saturated rings. The van der Waals surface area contributed by atoms with Crippen molar-refractivity contribution < 1.29 is 19.0 Å². The molecule has 0 saturated carbocycles. The zero-order valence-corrected chi connectivity index (χ0v) is 15.6. The maximum Gasteiger partial charge on any atom is 0.125 e. The Kier molecular flexibility index (Phi) is 5.22. The summed E-state index contributed by atoms with van der Waals surface area (Å²) in [6.45, 7) is 0. The van der Waals surface area contributed by atoms with Gasteiger partial charge in [0.1, 0.15) is 23.2 Å². The maximum atomic E-state index is 13.2. The topological polar surface area (TPSA) is 66.2 Å². The van der Waals surface area contributed by atoms with Crippen LogP contribution in [0.2, 0.25) is 0 Å². The molecule has 0 saturated heterocycles. The molecule has 148 valence electrons. The molecule has 4 rings (SSSR count). The van der Waals surface area contributed by atoms with Crippen molar-refractivity contribution in [2.24, 2.45) is 0 Å². The van der Waals surface area contributed by atoms with Crippen LogP contribution in [0, 0.1) is 11.6 Å². The predicted molar refractivity (Wildman–Crippen MR) is 113 cm³/mol. The second kappa shape index (κ2) is 8.13. The molecule has 4 aromatic rings. The number of aliphatic hydroxyl groups is 2. The van der Waals surface area contributed by atoms with Crippen LogP contribution in [0.4, 0.5) is 8.78 Å². The number of fused-ring (bicyclic) bond motifs is 1. The Balaban J connectivity index is 1.83. The summed E-state index contributed by atoms with van der Waals surface area (Å²) >= 11 is 0. The average molecular weight is 402 g/mol. The lowest BCUT2D eigenvalue weighted by molar-refractivity contribution is 0.514. The van der Waals surface area contributed by atoms with Crippen LogP contribution < -0.4 is 0 Å². The van der Waals surface area contributed by atoms with E-state index in [1.165, 1.54) is 60.7 Å². The van der Waals surface area contributed by atoms with Gasteiger partial charge in [0.05, 0.1) is 22.4 Å². The largest absolute Gasteiger partial charge is 0.507 e. The predicted octanol–water partition coefficient (Wildman–Crippen LogP) is 6.02. The molecule has 0 bridgehead atoms. The van der Waals surface area contributed by atoms with Crippen LogP contribution >= 0.6 is 0 Å². The van der Waals surface area contributed by atoms with Crippen molar-refractivity contribution in [2.75, 3.05) is 0 Å². The Hall–Kier alpha value is -4.06. The van der Waals surface area contributed by atoms with Gasteiger partial charge in [-0.25, -0.2) is 18.7 Å². The Bertz CT molecular complexity index is 1160. The highest BCUT2D eigenvalue weighted by Crippen LogP contribution is 2.23. The van der Waals surface area contributed by atoms with Gasteiger partial charge in [-0.1, -0.05) is 12.1 Å². The van der Waals surface area contributed by atoms with Crippen molar-refractivity contribution in [2.45, 2.75) is 0 Å². The van der Waals surface area contributed by atoms with Gasteiger partial charge in [-0.3, -0.25) is 0 Å². The molecule has 0 unspecified atom stereocenters. The molecule has 0 aliphatic heterocycles. The van der Waals surface area contributed by atoms with Gasteiger partial charge in [0, 0.05) is 23.3 Å². The van der Waals surface area contributed by atoms with Gasteiger partial charge in [0.25, 0.3) is 0 Å². The van der Waals surface area contributed by atoms with E-state index in [1.54, 1.807) is 12.1 Å². The van der Waals surface area contributed by atoms with Crippen molar-refractivity contribution in [3.8, 4) is 0 Å². The number of benzene rings is 3. The molecule has 0 aliphatic carbocycles. The van der Waals surface area contributed by atoms with Crippen LogP contribution in [0.3, 0.4) is 0 Å². The number of aliphatic hydroxyl groups excluding tert-OH is 2. The van der Waals surface area contributed by atoms with Crippen molar-refractivity contribution in [1.82, 2.24) is 9.97 Å². The van der Waals surface area contributed by atoms with E-state index in [0.29, 0.717) is 33.5 Å². The highest BCUT2D eigenvalue weighted by atomic mass is 19.1. The number of para-hydroxylation sites is 2. The quantitative estimate of drug-likeness (QED) is 0.410. The Labute approximate surface area is 171 Å². The first kappa shape index (κ1) is 19.3. The smallest absolute Gasteiger partial charge is 0.125 e. The zero-order chi connectivity index (χ0) is 21.1. The average Bonchev–Trinajstić information content (AvgIpc) is 2.75. The van der Waals surface area contributed by atoms with Gasteiger partial charge in [-0.2, -0.15) is 0 Å². The van der Waals surface area contributed by atoms with Gasteiger partial charge in [-0.05, 0) is 60.7 Å². The van der Waals surface area contributed by atoms with Gasteiger partial charge in [-0.15, -0.1) is 0 Å². The number of aromatic nitrogens is 2. The number of hydrogen-bond acceptors (Lipinski definition) is 4. The minimum absolute atomic E-state index is 0.129. The molecule has 0 atom stereocenters. The summed E-state index contributed by atoms with van der Waals surface area (Å²) in [6, 6.07) is 17.9. The van der Waals surface area contributed by atoms with Crippen molar-refractivity contribution in [1.29, 1.82) is 0 Å². The van der Waals surface area contributed by atoms with Crippen molar-refractivity contribution >= 4 is 34.7 Å². The van der Waals surface area contributed by atoms with Gasteiger partial charge >= 0.3 is 0 Å². The molecular formula is C24H16F2N2O2. The Morgan fingerprint density at radius 1 is 0.600 bits per heavy atom. The number of hydrogen-bond donors (Lipinski definition) is 2. The first-order valence-electron chi connectivity index (χ1n) is 9.09. The van der Waals surface area contributed by atoms with Crippen LogP contribution in [-0.2, 0) is 0 Å². The summed E-state index contributed by atoms with van der Waals surface area (Å²) in [4.78, 5) is 9.06. The van der Waals surface area contributed by atoms with Crippen LogP contribution in [0.25, 0.3) is 34.7 Å². The molecule has 1 heterocycles. The highest BCUT2D eigenvalue weighted by molar-refractivity contribution is 5.86. The van der Waals surface area contributed by atoms with Crippen LogP contribution in [0.15, 0.2) is 72.8 Å². The standard InChI is InChI=1S/C24H16F2N2O2/c25-17-9-5-15(6-10-17)23(29)13-21-22(28-20-4-2-1-3-19(20)27-21)14-24(30)16-7-11-18(26)12-8-16/h1-14,29-30H/b23-13-,24-14-. The van der Waals surface area contributed by atoms with Crippen LogP contribution in [0.5, 0.6) is 0 Å². The Morgan fingerprint density at radius 3 is 1.33 bits per heavy atom. The lowest BCUT2D eigenvalue weighted by atomic mass is 10.1. The number of nitrogens with zero attached hydrogens (tertiary/aromatic N) is 2. The maximum absolute atomic E-state index is 13.2. The molecule has 0 amide bonds. The van der Waals surface area contributed by atoms with Gasteiger partial charge < -0.3 is 10.2 Å². The van der Waals surface area contributed by atoms with Gasteiger partial charge in [0.2, 0.25) is 0 Å². The van der Waals surface area contributed by atoms with Crippen molar-refractivity contribution in [3.63, 3.8) is 0 Å². The second-order valence-corrected chi connectivity index (χ2v) is 6.56. The van der Waals surface area contributed by atoms with E-state index in [4.69, 9.17) is 0 Å². The van der Waals surface area contributed by atoms with E-state index in [1.807, 2.05) is 12.1 Å². The van der Waals surface area contributed by atoms with Crippen molar-refractivity contribution in [3.05, 3.63) is 107 Å². The van der Waals surface area contributed by atoms with Gasteiger partial charge in [0.15, 0.2) is 0 Å². The SMILES string of the molecule is O/C(=C\c1nc2ccccc2nc1/C=C(\O)c1ccc(F)cc1)c1ccc(F)cc1. The molecule has 2 N–H and O–H groups in total. The van der Waals surface area contributed by atoms with E-state index in [9.17, 15) is 19.0 Å². The summed E-state index contributed by atoms with van der Waals surface area (Å²) in [7, 11) is 0. The molecule has 30 heavy (non-hydrogen) atoms. The molecular weight excluding hydrogens is 386 g/mol. The molecule has 4 nitrogen and oxygen atoms in total. The monoisotopic (exact) mass is 402 g/mol. The van der Waals surface area contributed by atoms with E-state index < -0.39 is 11.6 Å². The normalized spacial score (nSPS) is 12.3. The minimum Gasteiger partial charge on any atom is -0.507 e. The third kappa shape index (κ3) is 4.17. The molecule has 6 heteroatoms. The van der Waals surface area contributed by atoms with Crippen LogP contribution in [0.1, 0.15) is 22.5 Å². The Morgan fingerprint density at radius 2 is 0.967 bits per heavy atom. The third-order valence-corrected chi connectivity index (χ3v) is 4.45. The lowest BCUT2D eigenvalue weighted by Crippen LogP contribution is -1.96. The summed E-state index contributed by atoms with van der Waals surface area (Å²) in [5.41, 5.74) is 2.64. The third-order valence-electron chi connectivity index (χ3n) is 4.45. The first-order valence-corrected chi connectivity index (χ1v) is 9.09.